The molecule has 0 aliphatic carbocycles. The van der Waals surface area contributed by atoms with Crippen molar-refractivity contribution in [2.45, 2.75) is 27.2 Å². The molecule has 110 valence electrons. The number of carbonyl (C=O) groups is 3. The van der Waals surface area contributed by atoms with Gasteiger partial charge in [-0.1, -0.05) is 13.8 Å². The molecule has 0 saturated carbocycles. The number of carbonyl (C=O) groups excluding carboxylic acids is 2. The lowest BCUT2D eigenvalue weighted by molar-refractivity contribution is -0.153. The summed E-state index contributed by atoms with van der Waals surface area (Å²) in [5, 5.41) is 13.8. The van der Waals surface area contributed by atoms with Gasteiger partial charge >= 0.3 is 5.97 Å². The second kappa shape index (κ2) is 6.04. The summed E-state index contributed by atoms with van der Waals surface area (Å²) >= 11 is 1.17. The molecule has 1 aromatic heterocycles. The molecule has 2 amide bonds. The minimum absolute atomic E-state index is 0.171. The summed E-state index contributed by atoms with van der Waals surface area (Å²) in [6, 6.07) is 1.52. The number of nitrogens with two attached hydrogens (primary N) is 1. The molecule has 0 saturated heterocycles. The molecule has 20 heavy (non-hydrogen) atoms. The van der Waals surface area contributed by atoms with E-state index in [0.29, 0.717) is 5.00 Å². The van der Waals surface area contributed by atoms with E-state index in [1.54, 1.807) is 19.2 Å². The number of primary amides is 1. The summed E-state index contributed by atoms with van der Waals surface area (Å²) in [4.78, 5) is 34.5. The van der Waals surface area contributed by atoms with Gasteiger partial charge in [0.2, 0.25) is 5.91 Å². The number of hydrogen-bond acceptors (Lipinski definition) is 4. The molecule has 0 radical (unpaired) electrons. The molecule has 1 atom stereocenters. The van der Waals surface area contributed by atoms with Gasteiger partial charge in [0.15, 0.2) is 0 Å². The average molecular weight is 298 g/mol. The van der Waals surface area contributed by atoms with Gasteiger partial charge in [-0.15, -0.1) is 11.3 Å². The van der Waals surface area contributed by atoms with Crippen molar-refractivity contribution >= 4 is 34.1 Å². The summed E-state index contributed by atoms with van der Waals surface area (Å²) < 4.78 is 0. The van der Waals surface area contributed by atoms with Gasteiger partial charge in [-0.05, 0) is 24.3 Å². The van der Waals surface area contributed by atoms with E-state index >= 15 is 0 Å². The zero-order valence-corrected chi connectivity index (χ0v) is 12.4. The highest BCUT2D eigenvalue weighted by Gasteiger charge is 2.39. The number of thiophene rings is 1. The third-order valence-corrected chi connectivity index (χ3v) is 4.30. The van der Waals surface area contributed by atoms with Crippen LogP contribution in [0, 0.1) is 11.3 Å². The summed E-state index contributed by atoms with van der Waals surface area (Å²) in [6.45, 7) is 5.03. The van der Waals surface area contributed by atoms with Crippen molar-refractivity contribution in [1.82, 2.24) is 0 Å². The molecule has 0 spiro atoms. The van der Waals surface area contributed by atoms with Gasteiger partial charge in [0.25, 0.3) is 5.91 Å². The molecule has 0 aromatic carbocycles. The number of rotatable bonds is 6. The molecule has 1 unspecified atom stereocenters. The standard InChI is InChI=1S/C13H18N2O4S/c1-7(2)13(3,12(18)19)6-9(16)15-11-8(10(14)17)4-5-20-11/h4-5,7H,6H2,1-3H3,(H2,14,17)(H,15,16)(H,18,19). The Labute approximate surface area is 121 Å². The summed E-state index contributed by atoms with van der Waals surface area (Å²) in [5.74, 6) is -2.31. The number of nitrogens with one attached hydrogen (secondary N) is 1. The van der Waals surface area contributed by atoms with Gasteiger partial charge in [0, 0.05) is 6.42 Å². The molecule has 6 nitrogen and oxygen atoms in total. The van der Waals surface area contributed by atoms with Gasteiger partial charge < -0.3 is 16.2 Å². The summed E-state index contributed by atoms with van der Waals surface area (Å²) in [5.41, 5.74) is 4.25. The number of carboxylic acids is 1. The topological polar surface area (TPSA) is 109 Å². The van der Waals surface area contributed by atoms with E-state index in [-0.39, 0.29) is 17.9 Å². The van der Waals surface area contributed by atoms with Crippen molar-refractivity contribution in [2.75, 3.05) is 5.32 Å². The minimum atomic E-state index is -1.16. The summed E-state index contributed by atoms with van der Waals surface area (Å²) in [7, 11) is 0. The monoisotopic (exact) mass is 298 g/mol. The number of anilines is 1. The van der Waals surface area contributed by atoms with E-state index in [1.807, 2.05) is 0 Å². The number of hydrogen-bond donors (Lipinski definition) is 3. The molecule has 7 heteroatoms. The molecule has 1 rings (SSSR count). The largest absolute Gasteiger partial charge is 0.481 e. The first-order valence-corrected chi connectivity index (χ1v) is 6.97. The van der Waals surface area contributed by atoms with Crippen molar-refractivity contribution in [3.63, 3.8) is 0 Å². The first-order chi connectivity index (χ1) is 9.18. The number of aliphatic carboxylic acids is 1. The zero-order valence-electron chi connectivity index (χ0n) is 11.6. The molecular formula is C13H18N2O4S. The van der Waals surface area contributed by atoms with Crippen LogP contribution in [-0.2, 0) is 9.59 Å². The van der Waals surface area contributed by atoms with Crippen LogP contribution in [-0.4, -0.2) is 22.9 Å². The SMILES string of the molecule is CC(C)C(C)(CC(=O)Nc1sccc1C(N)=O)C(=O)O. The maximum atomic E-state index is 12.0. The molecule has 1 aromatic rings. The van der Waals surface area contributed by atoms with Gasteiger partial charge in [0.1, 0.15) is 5.00 Å². The van der Waals surface area contributed by atoms with E-state index in [2.05, 4.69) is 5.32 Å². The van der Waals surface area contributed by atoms with Gasteiger partial charge in [-0.2, -0.15) is 0 Å². The first kappa shape index (κ1) is 16.2. The predicted molar refractivity (Wildman–Crippen MR) is 76.7 cm³/mol. The molecule has 0 fully saturated rings. The van der Waals surface area contributed by atoms with Crippen LogP contribution in [0.25, 0.3) is 0 Å². The Bertz CT molecular complexity index is 538. The van der Waals surface area contributed by atoms with Crippen LogP contribution in [0.5, 0.6) is 0 Å². The maximum Gasteiger partial charge on any atom is 0.310 e. The molecule has 4 N–H and O–H groups in total. The third-order valence-electron chi connectivity index (χ3n) is 3.47. The lowest BCUT2D eigenvalue weighted by atomic mass is 9.76. The van der Waals surface area contributed by atoms with Crippen molar-refractivity contribution in [2.24, 2.45) is 17.1 Å². The normalized spacial score (nSPS) is 13.8. The van der Waals surface area contributed by atoms with E-state index in [4.69, 9.17) is 5.73 Å². The van der Waals surface area contributed by atoms with Crippen LogP contribution in [0.2, 0.25) is 0 Å². The molecule has 0 bridgehead atoms. The third kappa shape index (κ3) is 3.36. The van der Waals surface area contributed by atoms with Crippen LogP contribution in [0.15, 0.2) is 11.4 Å². The van der Waals surface area contributed by atoms with Crippen molar-refractivity contribution in [1.29, 1.82) is 0 Å². The highest BCUT2D eigenvalue weighted by Crippen LogP contribution is 2.32. The van der Waals surface area contributed by atoms with E-state index in [1.165, 1.54) is 24.3 Å². The second-order valence-electron chi connectivity index (χ2n) is 5.13. The van der Waals surface area contributed by atoms with Crippen LogP contribution < -0.4 is 11.1 Å². The van der Waals surface area contributed by atoms with Gasteiger partial charge in [0.05, 0.1) is 11.0 Å². The average Bonchev–Trinajstić information content (AvgIpc) is 2.76. The lowest BCUT2D eigenvalue weighted by Crippen LogP contribution is -2.37. The second-order valence-corrected chi connectivity index (χ2v) is 6.05. The Balaban J connectivity index is 2.84. The van der Waals surface area contributed by atoms with Crippen LogP contribution in [0.1, 0.15) is 37.6 Å². The maximum absolute atomic E-state index is 12.0. The van der Waals surface area contributed by atoms with Crippen molar-refractivity contribution in [3.8, 4) is 0 Å². The molecular weight excluding hydrogens is 280 g/mol. The highest BCUT2D eigenvalue weighted by molar-refractivity contribution is 7.14. The molecule has 0 aliphatic heterocycles. The number of carboxylic acid groups (broad SMARTS) is 1. The van der Waals surface area contributed by atoms with E-state index in [0.717, 1.165) is 0 Å². The lowest BCUT2D eigenvalue weighted by Gasteiger charge is -2.28. The predicted octanol–water partition coefficient (Wildman–Crippen LogP) is 1.92. The fraction of sp³-hybridized carbons (Fsp3) is 0.462. The minimum Gasteiger partial charge on any atom is -0.481 e. The van der Waals surface area contributed by atoms with E-state index in [9.17, 15) is 19.5 Å². The Morgan fingerprint density at radius 3 is 2.50 bits per heavy atom. The van der Waals surface area contributed by atoms with Crippen molar-refractivity contribution < 1.29 is 19.5 Å². The van der Waals surface area contributed by atoms with Crippen LogP contribution in [0.3, 0.4) is 0 Å². The zero-order chi connectivity index (χ0) is 15.5. The van der Waals surface area contributed by atoms with Crippen LogP contribution in [0.4, 0.5) is 5.00 Å². The summed E-state index contributed by atoms with van der Waals surface area (Å²) in [6.07, 6.45) is -0.171. The fourth-order valence-electron chi connectivity index (χ4n) is 1.63. The molecule has 0 aliphatic rings. The van der Waals surface area contributed by atoms with Crippen molar-refractivity contribution in [3.05, 3.63) is 17.0 Å². The fourth-order valence-corrected chi connectivity index (χ4v) is 2.44. The van der Waals surface area contributed by atoms with Crippen LogP contribution >= 0.6 is 11.3 Å². The quantitative estimate of drug-likeness (QED) is 0.745. The Hall–Kier alpha value is -1.89. The van der Waals surface area contributed by atoms with E-state index < -0.39 is 23.2 Å². The Morgan fingerprint density at radius 1 is 1.45 bits per heavy atom. The Kier molecular flexibility index (Phi) is 4.88. The van der Waals surface area contributed by atoms with Gasteiger partial charge in [-0.25, -0.2) is 0 Å². The van der Waals surface area contributed by atoms with Gasteiger partial charge in [-0.3, -0.25) is 14.4 Å². The number of amides is 2. The molecule has 1 heterocycles. The highest BCUT2D eigenvalue weighted by atomic mass is 32.1. The first-order valence-electron chi connectivity index (χ1n) is 6.09. The Morgan fingerprint density at radius 2 is 2.05 bits per heavy atom. The smallest absolute Gasteiger partial charge is 0.310 e.